The van der Waals surface area contributed by atoms with Crippen LogP contribution in [0.15, 0.2) is 30.3 Å². The van der Waals surface area contributed by atoms with Crippen molar-refractivity contribution in [2.45, 2.75) is 12.8 Å². The molecular formula is C19H22O6. The Hall–Kier alpha value is -2.89. The van der Waals surface area contributed by atoms with Crippen molar-refractivity contribution >= 4 is 5.78 Å². The molecule has 2 aromatic rings. The third-order valence-electron chi connectivity index (χ3n) is 3.82. The molecule has 0 spiro atoms. The molecule has 0 atom stereocenters. The Kier molecular flexibility index (Phi) is 6.11. The Morgan fingerprint density at radius 1 is 0.800 bits per heavy atom. The lowest BCUT2D eigenvalue weighted by Crippen LogP contribution is -2.09. The lowest BCUT2D eigenvalue weighted by atomic mass is 10.0. The maximum Gasteiger partial charge on any atom is 0.161 e. The highest BCUT2D eigenvalue weighted by molar-refractivity contribution is 5.84. The Balaban J connectivity index is 2.21. The van der Waals surface area contributed by atoms with E-state index in [1.54, 1.807) is 26.4 Å². The highest BCUT2D eigenvalue weighted by Crippen LogP contribution is 2.34. The highest BCUT2D eigenvalue weighted by atomic mass is 16.5. The summed E-state index contributed by atoms with van der Waals surface area (Å²) >= 11 is 0. The summed E-state index contributed by atoms with van der Waals surface area (Å²) in [5.74, 6) is 2.02. The van der Waals surface area contributed by atoms with Crippen LogP contribution in [0.5, 0.6) is 28.7 Å². The Bertz CT molecular complexity index is 729. The highest BCUT2D eigenvalue weighted by Gasteiger charge is 2.17. The first-order valence-corrected chi connectivity index (χ1v) is 7.68. The van der Waals surface area contributed by atoms with Gasteiger partial charge < -0.3 is 24.1 Å². The molecule has 0 amide bonds. The first-order valence-electron chi connectivity index (χ1n) is 7.68. The number of hydrogen-bond donors (Lipinski definition) is 1. The molecule has 0 aliphatic heterocycles. The summed E-state index contributed by atoms with van der Waals surface area (Å²) < 4.78 is 21.0. The van der Waals surface area contributed by atoms with Crippen molar-refractivity contribution in [3.8, 4) is 28.7 Å². The monoisotopic (exact) mass is 346 g/mol. The molecule has 2 rings (SSSR count). The molecule has 0 unspecified atom stereocenters. The SMILES string of the molecule is COc1ccc(CC(=O)Cc2c(OC)cc(O)cc2OC)cc1OC. The lowest BCUT2D eigenvalue weighted by Gasteiger charge is -2.14. The minimum atomic E-state index is -0.0190. The number of ether oxygens (including phenoxy) is 4. The fraction of sp³-hybridized carbons (Fsp3) is 0.316. The van der Waals surface area contributed by atoms with Crippen LogP contribution >= 0.6 is 0 Å². The first-order chi connectivity index (χ1) is 12.0. The molecule has 0 radical (unpaired) electrons. The molecule has 0 saturated heterocycles. The summed E-state index contributed by atoms with van der Waals surface area (Å²) in [4.78, 5) is 12.5. The lowest BCUT2D eigenvalue weighted by molar-refractivity contribution is -0.117. The molecule has 6 nitrogen and oxygen atoms in total. The second-order valence-corrected chi connectivity index (χ2v) is 5.41. The molecule has 134 valence electrons. The standard InChI is InChI=1S/C19H22O6/c1-22-16-6-5-12(8-19(16)25-4)7-13(20)9-15-17(23-2)10-14(21)11-18(15)24-3/h5-6,8,10-11,21H,7,9H2,1-4H3. The van der Waals surface area contributed by atoms with Crippen LogP contribution in [0.1, 0.15) is 11.1 Å². The number of hydrogen-bond acceptors (Lipinski definition) is 6. The van der Waals surface area contributed by atoms with Crippen molar-refractivity contribution in [1.29, 1.82) is 0 Å². The van der Waals surface area contributed by atoms with Crippen LogP contribution in [0, 0.1) is 0 Å². The van der Waals surface area contributed by atoms with Gasteiger partial charge in [-0.25, -0.2) is 0 Å². The number of carbonyl (C=O) groups is 1. The van der Waals surface area contributed by atoms with Gasteiger partial charge in [-0.05, 0) is 17.7 Å². The van der Waals surface area contributed by atoms with Gasteiger partial charge in [0.25, 0.3) is 0 Å². The van der Waals surface area contributed by atoms with Gasteiger partial charge in [-0.3, -0.25) is 4.79 Å². The van der Waals surface area contributed by atoms with E-state index in [0.717, 1.165) is 5.56 Å². The molecule has 0 aromatic heterocycles. The molecule has 0 aliphatic rings. The minimum Gasteiger partial charge on any atom is -0.508 e. The fourth-order valence-electron chi connectivity index (χ4n) is 2.62. The summed E-state index contributed by atoms with van der Waals surface area (Å²) in [5, 5.41) is 9.69. The number of carbonyl (C=O) groups excluding carboxylic acids is 1. The quantitative estimate of drug-likeness (QED) is 0.792. The molecule has 0 saturated carbocycles. The van der Waals surface area contributed by atoms with Gasteiger partial charge >= 0.3 is 0 Å². The smallest absolute Gasteiger partial charge is 0.161 e. The van der Waals surface area contributed by atoms with E-state index in [-0.39, 0.29) is 24.4 Å². The molecule has 0 aliphatic carbocycles. The number of benzene rings is 2. The number of Topliss-reactive ketones (excluding diaryl/α,β-unsaturated/α-hetero) is 1. The third kappa shape index (κ3) is 4.35. The van der Waals surface area contributed by atoms with E-state index in [1.165, 1.54) is 26.4 Å². The van der Waals surface area contributed by atoms with E-state index >= 15 is 0 Å². The van der Waals surface area contributed by atoms with Gasteiger partial charge in [-0.1, -0.05) is 6.07 Å². The van der Waals surface area contributed by atoms with E-state index in [1.807, 2.05) is 6.07 Å². The van der Waals surface area contributed by atoms with Crippen molar-refractivity contribution < 1.29 is 28.8 Å². The first kappa shape index (κ1) is 18.4. The Morgan fingerprint density at radius 3 is 1.88 bits per heavy atom. The average Bonchev–Trinajstić information content (AvgIpc) is 2.62. The van der Waals surface area contributed by atoms with Crippen LogP contribution < -0.4 is 18.9 Å². The molecule has 0 heterocycles. The molecule has 0 fully saturated rings. The zero-order chi connectivity index (χ0) is 18.4. The third-order valence-corrected chi connectivity index (χ3v) is 3.82. The van der Waals surface area contributed by atoms with Crippen molar-refractivity contribution in [3.63, 3.8) is 0 Å². The van der Waals surface area contributed by atoms with Gasteiger partial charge in [0.2, 0.25) is 0 Å². The number of phenols is 1. The minimum absolute atomic E-state index is 0.0183. The zero-order valence-corrected chi connectivity index (χ0v) is 14.8. The van der Waals surface area contributed by atoms with Gasteiger partial charge in [0, 0.05) is 30.5 Å². The maximum atomic E-state index is 12.5. The van der Waals surface area contributed by atoms with Crippen LogP contribution in [-0.2, 0) is 17.6 Å². The van der Waals surface area contributed by atoms with Gasteiger partial charge in [-0.15, -0.1) is 0 Å². The van der Waals surface area contributed by atoms with Crippen LogP contribution in [0.2, 0.25) is 0 Å². The number of rotatable bonds is 8. The second-order valence-electron chi connectivity index (χ2n) is 5.41. The number of phenolic OH excluding ortho intramolecular Hbond substituents is 1. The van der Waals surface area contributed by atoms with Gasteiger partial charge in [0.15, 0.2) is 11.5 Å². The van der Waals surface area contributed by atoms with Gasteiger partial charge in [-0.2, -0.15) is 0 Å². The average molecular weight is 346 g/mol. The summed E-state index contributed by atoms with van der Waals surface area (Å²) in [5.41, 5.74) is 1.42. The largest absolute Gasteiger partial charge is 0.508 e. The van der Waals surface area contributed by atoms with E-state index in [2.05, 4.69) is 0 Å². The van der Waals surface area contributed by atoms with Crippen molar-refractivity contribution in [2.24, 2.45) is 0 Å². The van der Waals surface area contributed by atoms with Crippen LogP contribution in [0.25, 0.3) is 0 Å². The number of aromatic hydroxyl groups is 1. The topological polar surface area (TPSA) is 74.2 Å². The van der Waals surface area contributed by atoms with Gasteiger partial charge in [0.05, 0.1) is 28.4 Å². The Labute approximate surface area is 146 Å². The molecule has 25 heavy (non-hydrogen) atoms. The zero-order valence-electron chi connectivity index (χ0n) is 14.8. The maximum absolute atomic E-state index is 12.5. The molecule has 0 bridgehead atoms. The summed E-state index contributed by atoms with van der Waals surface area (Å²) in [6.07, 6.45) is 0.356. The van der Waals surface area contributed by atoms with E-state index < -0.39 is 0 Å². The molecule has 1 N–H and O–H groups in total. The van der Waals surface area contributed by atoms with Crippen molar-refractivity contribution in [1.82, 2.24) is 0 Å². The second kappa shape index (κ2) is 8.28. The molecule has 6 heteroatoms. The predicted octanol–water partition coefficient (Wildman–Crippen LogP) is 2.78. The number of methoxy groups -OCH3 is 4. The fourth-order valence-corrected chi connectivity index (χ4v) is 2.62. The van der Waals surface area contributed by atoms with Crippen molar-refractivity contribution in [3.05, 3.63) is 41.5 Å². The van der Waals surface area contributed by atoms with Crippen molar-refractivity contribution in [2.75, 3.05) is 28.4 Å². The van der Waals surface area contributed by atoms with E-state index in [9.17, 15) is 9.90 Å². The molecular weight excluding hydrogens is 324 g/mol. The molecule has 2 aromatic carbocycles. The predicted molar refractivity (Wildman–Crippen MR) is 93.2 cm³/mol. The summed E-state index contributed by atoms with van der Waals surface area (Å²) in [7, 11) is 6.08. The summed E-state index contributed by atoms with van der Waals surface area (Å²) in [6.45, 7) is 0. The van der Waals surface area contributed by atoms with Crippen LogP contribution in [0.4, 0.5) is 0 Å². The van der Waals surface area contributed by atoms with E-state index in [0.29, 0.717) is 28.6 Å². The van der Waals surface area contributed by atoms with Gasteiger partial charge in [0.1, 0.15) is 23.0 Å². The summed E-state index contributed by atoms with van der Waals surface area (Å²) in [6, 6.07) is 8.29. The Morgan fingerprint density at radius 2 is 1.36 bits per heavy atom. The normalized spacial score (nSPS) is 10.2. The van der Waals surface area contributed by atoms with Crippen LogP contribution in [-0.4, -0.2) is 39.3 Å². The number of ketones is 1. The van der Waals surface area contributed by atoms with Crippen LogP contribution in [0.3, 0.4) is 0 Å². The van der Waals surface area contributed by atoms with E-state index in [4.69, 9.17) is 18.9 Å².